The minimum Gasteiger partial charge on any atom is -0.388 e. The lowest BCUT2D eigenvalue weighted by molar-refractivity contribution is -0.280. The molecule has 0 unspecified atom stereocenters. The highest BCUT2D eigenvalue weighted by Gasteiger charge is 2.45. The minimum atomic E-state index is -1.26. The summed E-state index contributed by atoms with van der Waals surface area (Å²) in [6.07, 6.45) is -5.77. The van der Waals surface area contributed by atoms with Gasteiger partial charge in [-0.3, -0.25) is 0 Å². The van der Waals surface area contributed by atoms with Crippen LogP contribution in [0, 0.1) is 0 Å². The van der Waals surface area contributed by atoms with E-state index in [9.17, 15) is 15.3 Å². The molecule has 5 atom stereocenters. The Bertz CT molecular complexity index is 195. The monoisotopic (exact) mass is 222 g/mol. The number of ether oxygens (including phenoxy) is 3. The molecule has 6 heteroatoms. The average molecular weight is 222 g/mol. The normalized spacial score (nSPS) is 42.2. The van der Waals surface area contributed by atoms with Gasteiger partial charge < -0.3 is 29.5 Å². The molecule has 0 aliphatic carbocycles. The molecule has 1 saturated heterocycles. The molecule has 0 aromatic carbocycles. The lowest BCUT2D eigenvalue weighted by Crippen LogP contribution is -2.60. The first-order chi connectivity index (χ1) is 7.02. The molecule has 6 nitrogen and oxygen atoms in total. The molecule has 1 rings (SSSR count). The highest BCUT2D eigenvalue weighted by molar-refractivity contribution is 4.91. The molecule has 0 aromatic rings. The molecular formula is C9H18O6. The molecule has 15 heavy (non-hydrogen) atoms. The van der Waals surface area contributed by atoms with Gasteiger partial charge in [-0.05, 0) is 6.92 Å². The van der Waals surface area contributed by atoms with E-state index in [4.69, 9.17) is 14.2 Å². The van der Waals surface area contributed by atoms with Crippen LogP contribution in [0.1, 0.15) is 6.92 Å². The second kappa shape index (κ2) is 5.20. The first-order valence-electron chi connectivity index (χ1n) is 4.78. The van der Waals surface area contributed by atoms with E-state index >= 15 is 0 Å². The second-order valence-electron chi connectivity index (χ2n) is 3.62. The molecule has 1 fully saturated rings. The molecule has 90 valence electrons. The predicted molar refractivity (Wildman–Crippen MR) is 50.2 cm³/mol. The number of methoxy groups -OCH3 is 2. The van der Waals surface area contributed by atoms with Gasteiger partial charge in [0.1, 0.15) is 24.4 Å². The molecule has 0 saturated carbocycles. The van der Waals surface area contributed by atoms with Crippen LogP contribution in [0.15, 0.2) is 0 Å². The SMILES string of the molecule is COC(OC)[C@H]1O[C@@H](C)[C@H](O)[C@@H](O)[C@H]1O. The molecule has 0 amide bonds. The van der Waals surface area contributed by atoms with Crippen LogP contribution in [-0.2, 0) is 14.2 Å². The van der Waals surface area contributed by atoms with E-state index in [1.54, 1.807) is 6.92 Å². The van der Waals surface area contributed by atoms with Crippen LogP contribution in [0.5, 0.6) is 0 Å². The van der Waals surface area contributed by atoms with Crippen LogP contribution in [0.2, 0.25) is 0 Å². The summed E-state index contributed by atoms with van der Waals surface area (Å²) in [5, 5.41) is 28.6. The van der Waals surface area contributed by atoms with Crippen LogP contribution in [0.25, 0.3) is 0 Å². The molecule has 1 aliphatic rings. The lowest BCUT2D eigenvalue weighted by atomic mass is 9.95. The highest BCUT2D eigenvalue weighted by Crippen LogP contribution is 2.24. The van der Waals surface area contributed by atoms with Crippen molar-refractivity contribution in [1.82, 2.24) is 0 Å². The van der Waals surface area contributed by atoms with E-state index in [2.05, 4.69) is 0 Å². The summed E-state index contributed by atoms with van der Waals surface area (Å²) in [7, 11) is 2.82. The smallest absolute Gasteiger partial charge is 0.185 e. The van der Waals surface area contributed by atoms with E-state index < -0.39 is 36.8 Å². The topological polar surface area (TPSA) is 88.4 Å². The van der Waals surface area contributed by atoms with E-state index in [0.717, 1.165) is 0 Å². The second-order valence-corrected chi connectivity index (χ2v) is 3.62. The zero-order chi connectivity index (χ0) is 11.6. The Balaban J connectivity index is 2.73. The third kappa shape index (κ3) is 2.47. The van der Waals surface area contributed by atoms with E-state index in [1.165, 1.54) is 14.2 Å². The maximum atomic E-state index is 9.66. The van der Waals surface area contributed by atoms with Crippen molar-refractivity contribution in [3.8, 4) is 0 Å². The summed E-state index contributed by atoms with van der Waals surface area (Å²) in [4.78, 5) is 0. The van der Waals surface area contributed by atoms with Gasteiger partial charge in [0.15, 0.2) is 6.29 Å². The summed E-state index contributed by atoms with van der Waals surface area (Å²) in [5.41, 5.74) is 0. The van der Waals surface area contributed by atoms with Crippen molar-refractivity contribution in [3.63, 3.8) is 0 Å². The number of rotatable bonds is 3. The van der Waals surface area contributed by atoms with Gasteiger partial charge in [-0.2, -0.15) is 0 Å². The van der Waals surface area contributed by atoms with Gasteiger partial charge in [0.25, 0.3) is 0 Å². The van der Waals surface area contributed by atoms with E-state index in [-0.39, 0.29) is 0 Å². The fraction of sp³-hybridized carbons (Fsp3) is 1.00. The van der Waals surface area contributed by atoms with Gasteiger partial charge in [-0.25, -0.2) is 0 Å². The quantitative estimate of drug-likeness (QED) is 0.502. The predicted octanol–water partition coefficient (Wildman–Crippen LogP) is -1.52. The third-order valence-electron chi connectivity index (χ3n) is 2.62. The Hall–Kier alpha value is -0.240. The number of aliphatic hydroxyl groups excluding tert-OH is 3. The molecule has 0 radical (unpaired) electrons. The summed E-state index contributed by atoms with van der Waals surface area (Å²) in [5.74, 6) is 0. The average Bonchev–Trinajstić information content (AvgIpc) is 2.24. The zero-order valence-corrected chi connectivity index (χ0v) is 9.03. The Morgan fingerprint density at radius 1 is 1.00 bits per heavy atom. The molecule has 1 heterocycles. The Labute approximate surface area is 88.4 Å². The molecule has 1 aliphatic heterocycles. The largest absolute Gasteiger partial charge is 0.388 e. The van der Waals surface area contributed by atoms with Crippen molar-refractivity contribution < 1.29 is 29.5 Å². The van der Waals surface area contributed by atoms with Crippen molar-refractivity contribution >= 4 is 0 Å². The molecule has 0 bridgehead atoms. The van der Waals surface area contributed by atoms with Gasteiger partial charge in [0, 0.05) is 14.2 Å². The number of hydrogen-bond acceptors (Lipinski definition) is 6. The molecule has 3 N–H and O–H groups in total. The molecule has 0 aromatic heterocycles. The molecular weight excluding hydrogens is 204 g/mol. The van der Waals surface area contributed by atoms with Crippen molar-refractivity contribution in [2.24, 2.45) is 0 Å². The zero-order valence-electron chi connectivity index (χ0n) is 9.03. The van der Waals surface area contributed by atoms with Gasteiger partial charge in [-0.15, -0.1) is 0 Å². The van der Waals surface area contributed by atoms with Gasteiger partial charge in [0.05, 0.1) is 6.10 Å². The first kappa shape index (κ1) is 12.8. The van der Waals surface area contributed by atoms with Gasteiger partial charge in [-0.1, -0.05) is 0 Å². The number of hydrogen-bond donors (Lipinski definition) is 3. The Morgan fingerprint density at radius 2 is 1.53 bits per heavy atom. The van der Waals surface area contributed by atoms with Crippen LogP contribution >= 0.6 is 0 Å². The standard InChI is InChI=1S/C9H18O6/c1-4-5(10)6(11)7(12)8(15-4)9(13-2)14-3/h4-12H,1-3H3/t4-,5-,6+,7+,8-/m0/s1. The maximum Gasteiger partial charge on any atom is 0.185 e. The van der Waals surface area contributed by atoms with E-state index in [1.807, 2.05) is 0 Å². The van der Waals surface area contributed by atoms with E-state index in [0.29, 0.717) is 0 Å². The van der Waals surface area contributed by atoms with Crippen LogP contribution < -0.4 is 0 Å². The summed E-state index contributed by atoms with van der Waals surface area (Å²) >= 11 is 0. The summed E-state index contributed by atoms with van der Waals surface area (Å²) in [6.45, 7) is 1.61. The Kier molecular flexibility index (Phi) is 4.45. The van der Waals surface area contributed by atoms with Crippen molar-refractivity contribution in [2.45, 2.75) is 43.7 Å². The lowest BCUT2D eigenvalue weighted by Gasteiger charge is -2.41. The fourth-order valence-electron chi connectivity index (χ4n) is 1.67. The first-order valence-corrected chi connectivity index (χ1v) is 4.78. The van der Waals surface area contributed by atoms with Crippen LogP contribution in [0.3, 0.4) is 0 Å². The van der Waals surface area contributed by atoms with Gasteiger partial charge in [0.2, 0.25) is 0 Å². The number of aliphatic hydroxyl groups is 3. The fourth-order valence-corrected chi connectivity index (χ4v) is 1.67. The highest BCUT2D eigenvalue weighted by atomic mass is 16.7. The molecule has 0 spiro atoms. The van der Waals surface area contributed by atoms with Crippen LogP contribution in [-0.4, -0.2) is 66.3 Å². The van der Waals surface area contributed by atoms with Crippen molar-refractivity contribution in [2.75, 3.05) is 14.2 Å². The van der Waals surface area contributed by atoms with Crippen molar-refractivity contribution in [1.29, 1.82) is 0 Å². The van der Waals surface area contributed by atoms with Crippen molar-refractivity contribution in [3.05, 3.63) is 0 Å². The Morgan fingerprint density at radius 3 is 2.00 bits per heavy atom. The summed E-state index contributed by atoms with van der Waals surface area (Å²) in [6, 6.07) is 0. The summed E-state index contributed by atoms with van der Waals surface area (Å²) < 4.78 is 15.2. The maximum absolute atomic E-state index is 9.66. The van der Waals surface area contributed by atoms with Crippen LogP contribution in [0.4, 0.5) is 0 Å². The van der Waals surface area contributed by atoms with Gasteiger partial charge >= 0.3 is 0 Å². The third-order valence-corrected chi connectivity index (χ3v) is 2.62. The minimum absolute atomic E-state index is 0.582.